The lowest BCUT2D eigenvalue weighted by Crippen LogP contribution is -2.30. The summed E-state index contributed by atoms with van der Waals surface area (Å²) in [5.74, 6) is -1.85. The maximum Gasteiger partial charge on any atom is 0.416 e. The number of carbonyl (C=O) groups excluding carboxylic acids is 1. The predicted octanol–water partition coefficient (Wildman–Crippen LogP) is 5.44. The van der Waals surface area contributed by atoms with Gasteiger partial charge in [-0.15, -0.1) is 0 Å². The average molecular weight is 513 g/mol. The Morgan fingerprint density at radius 2 is 1.89 bits per heavy atom. The van der Waals surface area contributed by atoms with Crippen LogP contribution in [0, 0.1) is 11.6 Å². The minimum Gasteiger partial charge on any atom is -0.383 e. The van der Waals surface area contributed by atoms with Gasteiger partial charge in [0.2, 0.25) is 5.91 Å². The maximum absolute atomic E-state index is 15.8. The number of nitrogens with zero attached hydrogens (tertiary/aromatic N) is 4. The maximum atomic E-state index is 15.8. The zero-order chi connectivity index (χ0) is 26.1. The van der Waals surface area contributed by atoms with Crippen LogP contribution in [0.3, 0.4) is 0 Å². The Labute approximate surface area is 207 Å². The Morgan fingerprint density at radius 1 is 1.11 bits per heavy atom. The third-order valence-corrected chi connectivity index (χ3v) is 6.91. The standard InChI is InChI=1S/C26H20F5N5O/c27-18-5-1-14(26(29,30)31)11-13(18)12-21(37)35-10-8-16-19(35)6-4-17(23(16)28)24-22-20(7-9-33-25(22)32)36(34-24)15-2-3-15/h1,4-7,9,11,15H,2-3,8,10,12H2,(H2,32,33). The molecule has 37 heavy (non-hydrogen) atoms. The van der Waals surface area contributed by atoms with Crippen molar-refractivity contribution in [3.63, 3.8) is 0 Å². The number of carbonyl (C=O) groups is 1. The molecule has 11 heteroatoms. The van der Waals surface area contributed by atoms with Gasteiger partial charge in [0.25, 0.3) is 0 Å². The summed E-state index contributed by atoms with van der Waals surface area (Å²) in [5, 5.41) is 5.21. The van der Waals surface area contributed by atoms with Crippen LogP contribution >= 0.6 is 0 Å². The van der Waals surface area contributed by atoms with Crippen molar-refractivity contribution >= 4 is 28.3 Å². The van der Waals surface area contributed by atoms with Crippen molar-refractivity contribution in [1.82, 2.24) is 14.8 Å². The molecule has 6 nitrogen and oxygen atoms in total. The van der Waals surface area contributed by atoms with Crippen LogP contribution in [0.25, 0.3) is 22.2 Å². The Hall–Kier alpha value is -4.02. The van der Waals surface area contributed by atoms with Crippen LogP contribution in [0.15, 0.2) is 42.6 Å². The van der Waals surface area contributed by atoms with Crippen molar-refractivity contribution in [3.8, 4) is 11.3 Å². The molecule has 4 aromatic rings. The van der Waals surface area contributed by atoms with Gasteiger partial charge in [-0.2, -0.15) is 18.3 Å². The number of fused-ring (bicyclic) bond motifs is 2. The molecule has 3 heterocycles. The van der Waals surface area contributed by atoms with Crippen LogP contribution in [0.4, 0.5) is 33.5 Å². The highest BCUT2D eigenvalue weighted by molar-refractivity contribution is 6.01. The van der Waals surface area contributed by atoms with E-state index in [1.807, 2.05) is 4.68 Å². The fourth-order valence-corrected chi connectivity index (χ4v) is 4.93. The van der Waals surface area contributed by atoms with E-state index in [1.165, 1.54) is 11.0 Å². The molecule has 2 aromatic carbocycles. The smallest absolute Gasteiger partial charge is 0.383 e. The Morgan fingerprint density at radius 3 is 2.62 bits per heavy atom. The summed E-state index contributed by atoms with van der Waals surface area (Å²) in [6, 6.07) is 7.06. The first kappa shape index (κ1) is 23.4. The summed E-state index contributed by atoms with van der Waals surface area (Å²) in [4.78, 5) is 18.4. The number of anilines is 2. The second-order valence-electron chi connectivity index (χ2n) is 9.32. The lowest BCUT2D eigenvalue weighted by Gasteiger charge is -2.18. The van der Waals surface area contributed by atoms with E-state index in [0.717, 1.165) is 18.4 Å². The normalized spacial score (nSPS) is 15.4. The molecule has 0 bridgehead atoms. The van der Waals surface area contributed by atoms with E-state index < -0.39 is 35.7 Å². The molecule has 0 unspecified atom stereocenters. The molecule has 0 radical (unpaired) electrons. The van der Waals surface area contributed by atoms with Crippen molar-refractivity contribution in [3.05, 3.63) is 70.9 Å². The van der Waals surface area contributed by atoms with Gasteiger partial charge in [0.15, 0.2) is 0 Å². The highest BCUT2D eigenvalue weighted by atomic mass is 19.4. The fourth-order valence-electron chi connectivity index (χ4n) is 4.93. The van der Waals surface area contributed by atoms with E-state index in [1.54, 1.807) is 18.3 Å². The summed E-state index contributed by atoms with van der Waals surface area (Å²) in [6.45, 7) is 0.121. The van der Waals surface area contributed by atoms with Gasteiger partial charge in [-0.1, -0.05) is 0 Å². The van der Waals surface area contributed by atoms with Crippen molar-refractivity contribution in [2.24, 2.45) is 0 Å². The monoisotopic (exact) mass is 513 g/mol. The minimum absolute atomic E-state index is 0.121. The average Bonchev–Trinajstić information content (AvgIpc) is 3.47. The first-order chi connectivity index (χ1) is 17.6. The lowest BCUT2D eigenvalue weighted by molar-refractivity contribution is -0.137. The third kappa shape index (κ3) is 3.89. The molecule has 2 aromatic heterocycles. The molecule has 2 aliphatic rings. The SMILES string of the molecule is Nc1nccc2c1c(-c1ccc3c(c1F)CCN3C(=O)Cc1cc(C(F)(F)F)ccc1F)nn2C1CC1. The van der Waals surface area contributed by atoms with E-state index in [2.05, 4.69) is 10.1 Å². The minimum atomic E-state index is -4.67. The third-order valence-electron chi connectivity index (χ3n) is 6.91. The molecule has 1 saturated carbocycles. The van der Waals surface area contributed by atoms with E-state index in [4.69, 9.17) is 5.73 Å². The number of alkyl halides is 3. The van der Waals surface area contributed by atoms with Crippen molar-refractivity contribution in [2.75, 3.05) is 17.2 Å². The lowest BCUT2D eigenvalue weighted by atomic mass is 10.0. The molecular formula is C26H20F5N5O. The number of benzene rings is 2. The summed E-state index contributed by atoms with van der Waals surface area (Å²) >= 11 is 0. The van der Waals surface area contributed by atoms with Crippen LogP contribution in [-0.2, 0) is 23.8 Å². The summed E-state index contributed by atoms with van der Waals surface area (Å²) < 4.78 is 71.0. The summed E-state index contributed by atoms with van der Waals surface area (Å²) in [7, 11) is 0. The quantitative estimate of drug-likeness (QED) is 0.369. The zero-order valence-corrected chi connectivity index (χ0v) is 19.3. The van der Waals surface area contributed by atoms with Gasteiger partial charge >= 0.3 is 6.18 Å². The highest BCUT2D eigenvalue weighted by Gasteiger charge is 2.34. The number of aromatic nitrogens is 3. The summed E-state index contributed by atoms with van der Waals surface area (Å²) in [6.07, 6.45) is -1.54. The van der Waals surface area contributed by atoms with E-state index in [-0.39, 0.29) is 41.5 Å². The van der Waals surface area contributed by atoms with E-state index in [9.17, 15) is 22.4 Å². The van der Waals surface area contributed by atoms with Gasteiger partial charge in [-0.3, -0.25) is 9.48 Å². The zero-order valence-electron chi connectivity index (χ0n) is 19.3. The number of halogens is 5. The molecule has 1 aliphatic heterocycles. The Kier molecular flexibility index (Phi) is 5.22. The molecule has 0 saturated heterocycles. The van der Waals surface area contributed by atoms with Gasteiger partial charge in [0, 0.05) is 29.6 Å². The number of nitrogens with two attached hydrogens (primary N) is 1. The molecule has 0 spiro atoms. The number of hydrogen-bond donors (Lipinski definition) is 1. The number of pyridine rings is 1. The first-order valence-electron chi connectivity index (χ1n) is 11.7. The topological polar surface area (TPSA) is 77.0 Å². The number of nitrogen functional groups attached to an aromatic ring is 1. The number of hydrogen-bond acceptors (Lipinski definition) is 4. The van der Waals surface area contributed by atoms with Crippen LogP contribution in [0.1, 0.15) is 35.6 Å². The van der Waals surface area contributed by atoms with Crippen LogP contribution in [-0.4, -0.2) is 27.2 Å². The van der Waals surface area contributed by atoms with Gasteiger partial charge in [0.05, 0.1) is 28.9 Å². The van der Waals surface area contributed by atoms with Gasteiger partial charge in [0.1, 0.15) is 23.1 Å². The van der Waals surface area contributed by atoms with Crippen LogP contribution in [0.2, 0.25) is 0 Å². The second kappa shape index (κ2) is 8.25. The fraction of sp³-hybridized carbons (Fsp3) is 0.269. The van der Waals surface area contributed by atoms with Crippen LogP contribution < -0.4 is 10.6 Å². The van der Waals surface area contributed by atoms with Crippen LogP contribution in [0.5, 0.6) is 0 Å². The number of amides is 1. The Balaban J connectivity index is 1.34. The van der Waals surface area contributed by atoms with Crippen molar-refractivity contribution in [1.29, 1.82) is 0 Å². The van der Waals surface area contributed by atoms with Crippen molar-refractivity contribution in [2.45, 2.75) is 37.9 Å². The van der Waals surface area contributed by atoms with E-state index >= 15 is 4.39 Å². The molecule has 1 fully saturated rings. The Bertz CT molecular complexity index is 1570. The molecule has 0 atom stereocenters. The van der Waals surface area contributed by atoms with Gasteiger partial charge in [-0.25, -0.2) is 13.8 Å². The van der Waals surface area contributed by atoms with Gasteiger partial charge < -0.3 is 10.6 Å². The molecule has 190 valence electrons. The van der Waals surface area contributed by atoms with Crippen molar-refractivity contribution < 1.29 is 26.7 Å². The second-order valence-corrected chi connectivity index (χ2v) is 9.32. The van der Waals surface area contributed by atoms with E-state index in [0.29, 0.717) is 35.0 Å². The number of rotatable bonds is 4. The van der Waals surface area contributed by atoms with Gasteiger partial charge in [-0.05, 0) is 61.2 Å². The molecule has 1 aliphatic carbocycles. The first-order valence-corrected chi connectivity index (χ1v) is 11.7. The summed E-state index contributed by atoms with van der Waals surface area (Å²) in [5.41, 5.74) is 6.67. The molecule has 1 amide bonds. The highest BCUT2D eigenvalue weighted by Crippen LogP contribution is 2.43. The molecular weight excluding hydrogens is 493 g/mol. The molecule has 6 rings (SSSR count). The predicted molar refractivity (Wildman–Crippen MR) is 127 cm³/mol. The molecule has 2 N–H and O–H groups in total. The largest absolute Gasteiger partial charge is 0.416 e.